The highest BCUT2D eigenvalue weighted by molar-refractivity contribution is 6.35. The van der Waals surface area contributed by atoms with Gasteiger partial charge in [0.2, 0.25) is 0 Å². The highest BCUT2D eigenvalue weighted by atomic mass is 35.5. The number of para-hydroxylation sites is 1. The summed E-state index contributed by atoms with van der Waals surface area (Å²) in [5, 5.41) is 3.33. The molecule has 25 heavy (non-hydrogen) atoms. The van der Waals surface area contributed by atoms with Gasteiger partial charge in [-0.1, -0.05) is 41.4 Å². The molecule has 0 aliphatic heterocycles. The molecular weight excluding hydrogens is 365 g/mol. The number of halogens is 2. The van der Waals surface area contributed by atoms with Gasteiger partial charge in [-0.25, -0.2) is 0 Å². The number of hydrogen-bond donors (Lipinski definition) is 1. The Labute approximate surface area is 155 Å². The van der Waals surface area contributed by atoms with Crippen molar-refractivity contribution in [1.82, 2.24) is 0 Å². The lowest BCUT2D eigenvalue weighted by Gasteiger charge is -2.09. The Balaban J connectivity index is 1.64. The maximum atomic E-state index is 11.8. The normalized spacial score (nSPS) is 10.2. The summed E-state index contributed by atoms with van der Waals surface area (Å²) in [5.74, 6) is -0.212. The van der Waals surface area contributed by atoms with Crippen LogP contribution in [0.2, 0.25) is 10.0 Å². The molecule has 0 saturated heterocycles. The Hall–Kier alpha value is -2.24. The molecule has 0 aliphatic rings. The fourth-order valence-corrected chi connectivity index (χ4v) is 2.26. The van der Waals surface area contributed by atoms with Gasteiger partial charge in [0, 0.05) is 11.4 Å². The molecule has 1 amide bonds. The van der Waals surface area contributed by atoms with Gasteiger partial charge in [0.05, 0.1) is 17.3 Å². The Kier molecular flexibility index (Phi) is 7.57. The van der Waals surface area contributed by atoms with Crippen molar-refractivity contribution in [3.8, 4) is 5.75 Å². The van der Waals surface area contributed by atoms with Gasteiger partial charge in [-0.15, -0.1) is 0 Å². The molecule has 5 nitrogen and oxygen atoms in total. The van der Waals surface area contributed by atoms with Gasteiger partial charge in [-0.2, -0.15) is 0 Å². The number of ether oxygens (including phenoxy) is 2. The third kappa shape index (κ3) is 7.03. The summed E-state index contributed by atoms with van der Waals surface area (Å²) in [6.45, 7) is 0.00461. The summed E-state index contributed by atoms with van der Waals surface area (Å²) in [6, 6.07) is 14.0. The predicted molar refractivity (Wildman–Crippen MR) is 97.2 cm³/mol. The van der Waals surface area contributed by atoms with Crippen LogP contribution in [0.25, 0.3) is 0 Å². The first-order valence-electron chi connectivity index (χ1n) is 7.63. The molecule has 2 aromatic rings. The van der Waals surface area contributed by atoms with Crippen LogP contribution >= 0.6 is 23.2 Å². The smallest absolute Gasteiger partial charge is 0.306 e. The molecular formula is C18H17Cl2NO4. The first-order valence-corrected chi connectivity index (χ1v) is 8.38. The van der Waals surface area contributed by atoms with Gasteiger partial charge >= 0.3 is 5.97 Å². The summed E-state index contributed by atoms with van der Waals surface area (Å²) < 4.78 is 10.4. The molecule has 132 valence electrons. The van der Waals surface area contributed by atoms with E-state index in [9.17, 15) is 9.59 Å². The monoisotopic (exact) mass is 381 g/mol. The van der Waals surface area contributed by atoms with Gasteiger partial charge in [0.25, 0.3) is 5.91 Å². The van der Waals surface area contributed by atoms with Crippen LogP contribution in [0.3, 0.4) is 0 Å². The predicted octanol–water partition coefficient (Wildman–Crippen LogP) is 4.33. The maximum Gasteiger partial charge on any atom is 0.306 e. The average molecular weight is 382 g/mol. The molecule has 0 aromatic heterocycles. The molecule has 0 radical (unpaired) electrons. The molecule has 0 bridgehead atoms. The van der Waals surface area contributed by atoms with Gasteiger partial charge in [0.15, 0.2) is 6.61 Å². The Morgan fingerprint density at radius 1 is 1.04 bits per heavy atom. The molecule has 0 atom stereocenters. The zero-order valence-corrected chi connectivity index (χ0v) is 14.8. The van der Waals surface area contributed by atoms with E-state index in [0.717, 1.165) is 5.75 Å². The van der Waals surface area contributed by atoms with Crippen molar-refractivity contribution in [3.05, 3.63) is 58.6 Å². The van der Waals surface area contributed by atoms with Crippen LogP contribution in [0.4, 0.5) is 5.69 Å². The number of esters is 1. The minimum atomic E-state index is -0.488. The zero-order chi connectivity index (χ0) is 18.1. The van der Waals surface area contributed by atoms with Crippen LogP contribution in [-0.4, -0.2) is 25.1 Å². The van der Waals surface area contributed by atoms with Gasteiger partial charge < -0.3 is 14.8 Å². The summed E-state index contributed by atoms with van der Waals surface area (Å²) >= 11 is 11.8. The van der Waals surface area contributed by atoms with E-state index in [1.54, 1.807) is 12.1 Å². The highest BCUT2D eigenvalue weighted by Crippen LogP contribution is 2.25. The van der Waals surface area contributed by atoms with Crippen LogP contribution in [0.15, 0.2) is 48.5 Å². The van der Waals surface area contributed by atoms with Crippen LogP contribution in [0, 0.1) is 0 Å². The maximum absolute atomic E-state index is 11.8. The van der Waals surface area contributed by atoms with Gasteiger partial charge in [-0.3, -0.25) is 9.59 Å². The van der Waals surface area contributed by atoms with Crippen LogP contribution in [0.1, 0.15) is 12.8 Å². The van der Waals surface area contributed by atoms with Crippen molar-refractivity contribution >= 4 is 40.8 Å². The van der Waals surface area contributed by atoms with E-state index in [2.05, 4.69) is 5.32 Å². The third-order valence-corrected chi connectivity index (χ3v) is 3.67. The lowest BCUT2D eigenvalue weighted by atomic mass is 10.3. The molecule has 2 aromatic carbocycles. The van der Waals surface area contributed by atoms with Crippen molar-refractivity contribution in [1.29, 1.82) is 0 Å². The first-order chi connectivity index (χ1) is 12.0. The Morgan fingerprint density at radius 3 is 2.56 bits per heavy atom. The second-order valence-electron chi connectivity index (χ2n) is 5.10. The molecule has 0 saturated carbocycles. The molecule has 0 aliphatic carbocycles. The number of hydrogen-bond acceptors (Lipinski definition) is 4. The summed E-state index contributed by atoms with van der Waals surface area (Å²) in [4.78, 5) is 23.4. The summed E-state index contributed by atoms with van der Waals surface area (Å²) in [6.07, 6.45) is 0.660. The fraction of sp³-hybridized carbons (Fsp3) is 0.222. The van der Waals surface area contributed by atoms with Crippen LogP contribution in [-0.2, 0) is 14.3 Å². The van der Waals surface area contributed by atoms with E-state index in [4.69, 9.17) is 32.7 Å². The average Bonchev–Trinajstić information content (AvgIpc) is 2.61. The third-order valence-electron chi connectivity index (χ3n) is 3.10. The van der Waals surface area contributed by atoms with Crippen molar-refractivity contribution in [2.24, 2.45) is 0 Å². The number of rotatable bonds is 8. The number of benzene rings is 2. The Morgan fingerprint density at radius 2 is 1.80 bits per heavy atom. The topological polar surface area (TPSA) is 64.6 Å². The van der Waals surface area contributed by atoms with E-state index in [1.807, 2.05) is 30.3 Å². The number of carbonyl (C=O) groups excluding carboxylic acids is 2. The molecule has 0 unspecified atom stereocenters. The van der Waals surface area contributed by atoms with E-state index >= 15 is 0 Å². The van der Waals surface area contributed by atoms with Crippen molar-refractivity contribution in [3.63, 3.8) is 0 Å². The second-order valence-corrected chi connectivity index (χ2v) is 5.94. The van der Waals surface area contributed by atoms with Gasteiger partial charge in [0.1, 0.15) is 5.75 Å². The molecule has 1 N–H and O–H groups in total. The van der Waals surface area contributed by atoms with Crippen molar-refractivity contribution < 1.29 is 19.1 Å². The molecule has 0 spiro atoms. The van der Waals surface area contributed by atoms with E-state index in [-0.39, 0.29) is 13.0 Å². The van der Waals surface area contributed by atoms with Crippen molar-refractivity contribution in [2.45, 2.75) is 12.8 Å². The molecule has 7 heteroatoms. The minimum absolute atomic E-state index is 0.165. The molecule has 0 heterocycles. The number of anilines is 1. The SMILES string of the molecule is O=C(COC(=O)CCCOc1ccccc1)Nc1cc(Cl)ccc1Cl. The van der Waals surface area contributed by atoms with Crippen molar-refractivity contribution in [2.75, 3.05) is 18.5 Å². The quantitative estimate of drug-likeness (QED) is 0.545. The molecule has 2 rings (SSSR count). The van der Waals surface area contributed by atoms with Crippen LogP contribution in [0.5, 0.6) is 5.75 Å². The lowest BCUT2D eigenvalue weighted by Crippen LogP contribution is -2.21. The highest BCUT2D eigenvalue weighted by Gasteiger charge is 2.10. The largest absolute Gasteiger partial charge is 0.494 e. The second kappa shape index (κ2) is 9.91. The number of amides is 1. The number of nitrogens with one attached hydrogen (secondary N) is 1. The van der Waals surface area contributed by atoms with E-state index < -0.39 is 11.9 Å². The molecule has 0 fully saturated rings. The Bertz CT molecular complexity index is 722. The first kappa shape index (κ1) is 19.1. The summed E-state index contributed by atoms with van der Waals surface area (Å²) in [7, 11) is 0. The number of carbonyl (C=O) groups is 2. The lowest BCUT2D eigenvalue weighted by molar-refractivity contribution is -0.147. The van der Waals surface area contributed by atoms with Gasteiger partial charge in [-0.05, 0) is 36.8 Å². The van der Waals surface area contributed by atoms with E-state index in [0.29, 0.717) is 28.8 Å². The summed E-state index contributed by atoms with van der Waals surface area (Å²) in [5.41, 5.74) is 0.367. The standard InChI is InChI=1S/C18H17Cl2NO4/c19-13-8-9-15(20)16(11-13)21-17(22)12-25-18(23)7-4-10-24-14-5-2-1-3-6-14/h1-3,5-6,8-9,11H,4,7,10,12H2,(H,21,22). The minimum Gasteiger partial charge on any atom is -0.494 e. The fourth-order valence-electron chi connectivity index (χ4n) is 1.92. The van der Waals surface area contributed by atoms with E-state index in [1.165, 1.54) is 6.07 Å². The zero-order valence-electron chi connectivity index (χ0n) is 13.3. The van der Waals surface area contributed by atoms with Crippen LogP contribution < -0.4 is 10.1 Å².